The van der Waals surface area contributed by atoms with Crippen LogP contribution in [0.2, 0.25) is 0 Å². The number of anilines is 1. The van der Waals surface area contributed by atoms with Gasteiger partial charge in [-0.2, -0.15) is 0 Å². The zero-order valence-corrected chi connectivity index (χ0v) is 12.3. The smallest absolute Gasteiger partial charge is 0.268 e. The molecule has 1 aliphatic rings. The number of nitrogens with two attached hydrogens (primary N) is 1. The van der Waals surface area contributed by atoms with Gasteiger partial charge in [0.25, 0.3) is 5.91 Å². The topological polar surface area (TPSA) is 72.1 Å². The van der Waals surface area contributed by atoms with E-state index >= 15 is 0 Å². The maximum absolute atomic E-state index is 11.9. The van der Waals surface area contributed by atoms with Gasteiger partial charge in [-0.1, -0.05) is 30.3 Å². The largest absolute Gasteiger partial charge is 0.364 e. The van der Waals surface area contributed by atoms with Crippen molar-refractivity contribution in [2.24, 2.45) is 5.84 Å². The predicted molar refractivity (Wildman–Crippen MR) is 82.8 cm³/mol. The van der Waals surface area contributed by atoms with Crippen LogP contribution in [-0.2, 0) is 5.54 Å². The molecule has 1 aromatic heterocycles. The van der Waals surface area contributed by atoms with Crippen molar-refractivity contribution >= 4 is 11.7 Å². The number of aromatic nitrogens is 1. The van der Waals surface area contributed by atoms with Crippen LogP contribution in [0.3, 0.4) is 0 Å². The lowest BCUT2D eigenvalue weighted by molar-refractivity contribution is 0.0954. The van der Waals surface area contributed by atoms with Crippen molar-refractivity contribution in [1.29, 1.82) is 0 Å². The maximum atomic E-state index is 11.9. The highest BCUT2D eigenvalue weighted by molar-refractivity contribution is 5.99. The Hall–Kier alpha value is -2.27. The van der Waals surface area contributed by atoms with E-state index in [2.05, 4.69) is 41.3 Å². The second-order valence-electron chi connectivity index (χ2n) is 6.05. The van der Waals surface area contributed by atoms with Crippen molar-refractivity contribution in [2.75, 3.05) is 5.32 Å². The molecule has 2 heterocycles. The summed E-state index contributed by atoms with van der Waals surface area (Å²) in [5.41, 5.74) is 3.93. The molecule has 110 valence electrons. The van der Waals surface area contributed by atoms with E-state index < -0.39 is 0 Å². The molecular weight excluding hydrogens is 264 g/mol. The van der Waals surface area contributed by atoms with E-state index in [4.69, 9.17) is 5.84 Å². The quantitative estimate of drug-likeness (QED) is 0.450. The van der Waals surface area contributed by atoms with Crippen LogP contribution in [0.4, 0.5) is 5.82 Å². The molecule has 21 heavy (non-hydrogen) atoms. The number of rotatable bonds is 2. The molecule has 1 unspecified atom stereocenters. The summed E-state index contributed by atoms with van der Waals surface area (Å²) in [6.45, 7) is 4.36. The third-order valence-corrected chi connectivity index (χ3v) is 4.13. The number of carbonyl (C=O) groups is 1. The Morgan fingerprint density at radius 1 is 1.33 bits per heavy atom. The molecule has 3 rings (SSSR count). The molecule has 0 spiro atoms. The number of amides is 1. The van der Waals surface area contributed by atoms with E-state index in [9.17, 15) is 4.79 Å². The van der Waals surface area contributed by atoms with Crippen LogP contribution >= 0.6 is 0 Å². The second kappa shape index (κ2) is 4.93. The predicted octanol–water partition coefficient (Wildman–Crippen LogP) is 2.38. The minimum atomic E-state index is -0.277. The first-order chi connectivity index (χ1) is 10.0. The Morgan fingerprint density at radius 2 is 2.05 bits per heavy atom. The van der Waals surface area contributed by atoms with Crippen LogP contribution in [0.15, 0.2) is 42.6 Å². The van der Waals surface area contributed by atoms with Crippen LogP contribution < -0.4 is 16.6 Å². The van der Waals surface area contributed by atoms with Crippen LogP contribution in [0.1, 0.15) is 42.2 Å². The highest BCUT2D eigenvalue weighted by Gasteiger charge is 2.35. The number of fused-ring (bicyclic) bond motifs is 1. The van der Waals surface area contributed by atoms with Gasteiger partial charge in [-0.3, -0.25) is 10.2 Å². The molecule has 0 bridgehead atoms. The first-order valence-corrected chi connectivity index (χ1v) is 7.07. The Bertz CT molecular complexity index is 660. The van der Waals surface area contributed by atoms with Crippen molar-refractivity contribution in [3.8, 4) is 0 Å². The summed E-state index contributed by atoms with van der Waals surface area (Å²) in [6, 6.07) is 12.3. The van der Waals surface area contributed by atoms with Gasteiger partial charge in [0.2, 0.25) is 0 Å². The monoisotopic (exact) mass is 284 g/mol. The third kappa shape index (κ3) is 2.29. The van der Waals surface area contributed by atoms with E-state index in [1.54, 1.807) is 6.07 Å². The minimum absolute atomic E-state index is 0.0752. The Balaban J connectivity index is 2.03. The van der Waals surface area contributed by atoms with Crippen molar-refractivity contribution < 1.29 is 4.79 Å². The number of hydrogen-bond donors (Lipinski definition) is 3. The molecule has 5 nitrogen and oxygen atoms in total. The molecule has 5 heteroatoms. The summed E-state index contributed by atoms with van der Waals surface area (Å²) in [6.07, 6.45) is 2.89. The fourth-order valence-electron chi connectivity index (χ4n) is 3.05. The van der Waals surface area contributed by atoms with Crippen molar-refractivity contribution in [3.63, 3.8) is 0 Å². The van der Waals surface area contributed by atoms with Crippen molar-refractivity contribution in [3.05, 3.63) is 53.7 Å². The number of benzene rings is 1. The maximum Gasteiger partial charge on any atom is 0.268 e. The molecule has 0 saturated carbocycles. The molecule has 1 amide bonds. The van der Waals surface area contributed by atoms with Gasteiger partial charge in [-0.25, -0.2) is 5.84 Å². The van der Waals surface area contributed by atoms with E-state index in [1.807, 2.05) is 24.4 Å². The fraction of sp³-hybridized carbons (Fsp3) is 0.312. The molecule has 0 aliphatic carbocycles. The normalized spacial score (nSPS) is 19.5. The summed E-state index contributed by atoms with van der Waals surface area (Å²) in [5, 5.41) is 3.48. The molecule has 0 radical (unpaired) electrons. The number of hydrazine groups is 1. The van der Waals surface area contributed by atoms with Crippen LogP contribution in [0.25, 0.3) is 0 Å². The Labute approximate surface area is 124 Å². The standard InChI is InChI=1S/C16H20N4O/c1-16(2)10-13(11-6-4-3-5-7-11)18-14-12(15(21)19-17)8-9-20(14)16/h3-9,13,18H,10,17H2,1-2H3,(H,19,21). The number of hydrogen-bond acceptors (Lipinski definition) is 3. The zero-order chi connectivity index (χ0) is 15.0. The molecule has 1 atom stereocenters. The molecule has 2 aromatic rings. The Kier molecular flexibility index (Phi) is 3.22. The second-order valence-corrected chi connectivity index (χ2v) is 6.05. The lowest BCUT2D eigenvalue weighted by atomic mass is 9.88. The Morgan fingerprint density at radius 3 is 2.71 bits per heavy atom. The lowest BCUT2D eigenvalue weighted by Gasteiger charge is -2.40. The molecule has 0 fully saturated rings. The van der Waals surface area contributed by atoms with Crippen LogP contribution in [0, 0.1) is 0 Å². The molecule has 4 N–H and O–H groups in total. The SMILES string of the molecule is CC1(C)CC(c2ccccc2)Nc2c(C(=O)NN)ccn21. The van der Waals surface area contributed by atoms with Crippen molar-refractivity contribution in [2.45, 2.75) is 31.8 Å². The summed E-state index contributed by atoms with van der Waals surface area (Å²) < 4.78 is 2.11. The first kappa shape index (κ1) is 13.7. The zero-order valence-electron chi connectivity index (χ0n) is 12.3. The van der Waals surface area contributed by atoms with E-state index in [-0.39, 0.29) is 17.5 Å². The van der Waals surface area contributed by atoms with E-state index in [0.717, 1.165) is 12.2 Å². The van der Waals surface area contributed by atoms with Crippen LogP contribution in [-0.4, -0.2) is 10.5 Å². The van der Waals surface area contributed by atoms with Gasteiger partial charge in [0, 0.05) is 11.7 Å². The van der Waals surface area contributed by atoms with E-state index in [1.165, 1.54) is 5.56 Å². The number of carbonyl (C=O) groups excluding carboxylic acids is 1. The number of nitrogens with one attached hydrogen (secondary N) is 2. The fourth-order valence-corrected chi connectivity index (χ4v) is 3.05. The molecule has 1 aliphatic heterocycles. The van der Waals surface area contributed by atoms with Gasteiger partial charge >= 0.3 is 0 Å². The highest BCUT2D eigenvalue weighted by atomic mass is 16.2. The van der Waals surface area contributed by atoms with Gasteiger partial charge in [-0.15, -0.1) is 0 Å². The third-order valence-electron chi connectivity index (χ3n) is 4.13. The molecule has 1 aromatic carbocycles. The lowest BCUT2D eigenvalue weighted by Crippen LogP contribution is -2.38. The van der Waals surface area contributed by atoms with Gasteiger partial charge < -0.3 is 9.88 Å². The average Bonchev–Trinajstić information content (AvgIpc) is 2.91. The van der Waals surface area contributed by atoms with Crippen LogP contribution in [0.5, 0.6) is 0 Å². The van der Waals surface area contributed by atoms with Crippen molar-refractivity contribution in [1.82, 2.24) is 9.99 Å². The summed E-state index contributed by atoms with van der Waals surface area (Å²) in [5.74, 6) is 5.82. The molecular formula is C16H20N4O. The van der Waals surface area contributed by atoms with Gasteiger partial charge in [-0.05, 0) is 31.9 Å². The van der Waals surface area contributed by atoms with Gasteiger partial charge in [0.1, 0.15) is 5.82 Å². The summed E-state index contributed by atoms with van der Waals surface area (Å²) in [7, 11) is 0. The minimum Gasteiger partial charge on any atom is -0.364 e. The van der Waals surface area contributed by atoms with Gasteiger partial charge in [0.15, 0.2) is 0 Å². The summed E-state index contributed by atoms with van der Waals surface area (Å²) in [4.78, 5) is 11.9. The van der Waals surface area contributed by atoms with Gasteiger partial charge in [0.05, 0.1) is 11.6 Å². The number of nitrogens with zero attached hydrogens (tertiary/aromatic N) is 1. The summed E-state index contributed by atoms with van der Waals surface area (Å²) >= 11 is 0. The number of nitrogen functional groups attached to an aromatic ring is 1. The molecule has 0 saturated heterocycles. The average molecular weight is 284 g/mol. The first-order valence-electron chi connectivity index (χ1n) is 7.07. The highest BCUT2D eigenvalue weighted by Crippen LogP contribution is 2.40. The van der Waals surface area contributed by atoms with E-state index in [0.29, 0.717) is 5.56 Å².